The molecule has 34 heavy (non-hydrogen) atoms. The van der Waals surface area contributed by atoms with Gasteiger partial charge in [0, 0.05) is 17.3 Å². The summed E-state index contributed by atoms with van der Waals surface area (Å²) < 4.78 is 55.9. The molecule has 5 nitrogen and oxygen atoms in total. The Morgan fingerprint density at radius 2 is 2.03 bits per heavy atom. The second-order valence-corrected chi connectivity index (χ2v) is 9.83. The van der Waals surface area contributed by atoms with Crippen molar-refractivity contribution in [1.29, 1.82) is 0 Å². The summed E-state index contributed by atoms with van der Waals surface area (Å²) in [5, 5.41) is 16.3. The van der Waals surface area contributed by atoms with Crippen LogP contribution in [-0.4, -0.2) is 22.2 Å². The number of anilines is 1. The van der Waals surface area contributed by atoms with Crippen molar-refractivity contribution in [3.63, 3.8) is 0 Å². The number of fused-ring (bicyclic) bond motifs is 2. The van der Waals surface area contributed by atoms with E-state index in [9.17, 15) is 27.5 Å². The van der Waals surface area contributed by atoms with Gasteiger partial charge in [-0.1, -0.05) is 0 Å². The molecule has 3 N–H and O–H groups in total. The van der Waals surface area contributed by atoms with Gasteiger partial charge in [-0.25, -0.2) is 17.6 Å². The molecule has 3 fully saturated rings. The van der Waals surface area contributed by atoms with Gasteiger partial charge < -0.3 is 15.7 Å². The smallest absolute Gasteiger partial charge is 0.227 e. The first kappa shape index (κ1) is 22.8. The number of amides is 1. The lowest BCUT2D eigenvalue weighted by Gasteiger charge is -2.42. The summed E-state index contributed by atoms with van der Waals surface area (Å²) in [6.07, 6.45) is 5.36. The van der Waals surface area contributed by atoms with Gasteiger partial charge in [-0.3, -0.25) is 9.78 Å². The third-order valence-corrected chi connectivity index (χ3v) is 7.54. The van der Waals surface area contributed by atoms with Crippen molar-refractivity contribution in [2.45, 2.75) is 51.3 Å². The molecule has 3 atom stereocenters. The molecule has 1 aliphatic heterocycles. The molecule has 4 aliphatic rings. The Labute approximate surface area is 194 Å². The number of carbonyl (C=O) groups excluding carboxylic acids is 1. The summed E-state index contributed by atoms with van der Waals surface area (Å²) in [6.45, 7) is 1.53. The molecule has 9 heteroatoms. The SMILES string of the molecule is C[C@@H](NC(=O)[C@@H](CC12CCC(C1)C2)C1=Cc2c(ccc(F)c2F)NC1O)c1ncc(F)cc1F. The van der Waals surface area contributed by atoms with E-state index in [1.54, 1.807) is 0 Å². The van der Waals surface area contributed by atoms with E-state index in [2.05, 4.69) is 15.6 Å². The van der Waals surface area contributed by atoms with Crippen LogP contribution in [0, 0.1) is 40.5 Å². The van der Waals surface area contributed by atoms with Gasteiger partial charge in [-0.15, -0.1) is 0 Å². The molecule has 180 valence electrons. The monoisotopic (exact) mass is 475 g/mol. The van der Waals surface area contributed by atoms with Crippen molar-refractivity contribution in [3.05, 3.63) is 64.5 Å². The first-order valence-corrected chi connectivity index (χ1v) is 11.4. The lowest BCUT2D eigenvalue weighted by Crippen LogP contribution is -2.43. The molecule has 1 aromatic heterocycles. The minimum Gasteiger partial charge on any atom is -0.370 e. The average molecular weight is 475 g/mol. The van der Waals surface area contributed by atoms with Crippen LogP contribution in [0.4, 0.5) is 23.2 Å². The lowest BCUT2D eigenvalue weighted by atomic mass is 9.64. The van der Waals surface area contributed by atoms with Crippen LogP contribution in [0.1, 0.15) is 56.3 Å². The number of carbonyl (C=O) groups is 1. The number of aromatic nitrogens is 1. The third-order valence-electron chi connectivity index (χ3n) is 7.54. The zero-order chi connectivity index (χ0) is 24.2. The molecule has 1 aromatic carbocycles. The molecule has 1 unspecified atom stereocenters. The van der Waals surface area contributed by atoms with E-state index in [1.165, 1.54) is 19.1 Å². The molecule has 6 rings (SSSR count). The Morgan fingerprint density at radius 3 is 2.71 bits per heavy atom. The van der Waals surface area contributed by atoms with Crippen LogP contribution in [0.3, 0.4) is 0 Å². The van der Waals surface area contributed by atoms with E-state index in [-0.39, 0.29) is 27.9 Å². The van der Waals surface area contributed by atoms with E-state index in [0.29, 0.717) is 18.4 Å². The Bertz CT molecular complexity index is 1170. The maximum Gasteiger partial charge on any atom is 0.227 e. The Hall–Kier alpha value is -2.94. The van der Waals surface area contributed by atoms with Gasteiger partial charge in [0.1, 0.15) is 17.9 Å². The fourth-order valence-corrected chi connectivity index (χ4v) is 5.87. The van der Waals surface area contributed by atoms with Gasteiger partial charge in [-0.2, -0.15) is 0 Å². The molecular formula is C25H25F4N3O2. The number of nitrogens with zero attached hydrogens (tertiary/aromatic N) is 1. The topological polar surface area (TPSA) is 74.2 Å². The molecule has 3 saturated carbocycles. The zero-order valence-electron chi connectivity index (χ0n) is 18.5. The second-order valence-electron chi connectivity index (χ2n) is 9.83. The van der Waals surface area contributed by atoms with Crippen LogP contribution >= 0.6 is 0 Å². The zero-order valence-corrected chi connectivity index (χ0v) is 18.5. The predicted molar refractivity (Wildman–Crippen MR) is 117 cm³/mol. The number of aliphatic hydroxyl groups is 1. The van der Waals surface area contributed by atoms with Crippen molar-refractivity contribution in [1.82, 2.24) is 10.3 Å². The number of benzene rings is 1. The standard InChI is InChI=1S/C25H25F4N3O2/c1-12(22-19(28)6-14(26)11-30-22)31-24(34)17(10-25-5-4-13(8-25)9-25)15-7-16-20(32-23(15)33)3-2-18(27)21(16)29/h2-3,6-7,11-13,17,23,32-33H,4-5,8-10H2,1H3,(H,31,34)/t12-,13?,17+,23?,25?/m1/s1. The minimum absolute atomic E-state index is 0.0450. The van der Waals surface area contributed by atoms with Gasteiger partial charge in [-0.05, 0) is 74.1 Å². The summed E-state index contributed by atoms with van der Waals surface area (Å²) >= 11 is 0. The number of aliphatic hydroxyl groups excluding tert-OH is 1. The summed E-state index contributed by atoms with van der Waals surface area (Å²) in [7, 11) is 0. The van der Waals surface area contributed by atoms with Crippen LogP contribution in [0.2, 0.25) is 0 Å². The van der Waals surface area contributed by atoms with Gasteiger partial charge >= 0.3 is 0 Å². The van der Waals surface area contributed by atoms with Crippen molar-refractivity contribution in [3.8, 4) is 0 Å². The maximum absolute atomic E-state index is 14.5. The van der Waals surface area contributed by atoms with E-state index >= 15 is 0 Å². The number of hydrogen-bond acceptors (Lipinski definition) is 4. The second kappa shape index (κ2) is 8.37. The van der Waals surface area contributed by atoms with Crippen LogP contribution in [-0.2, 0) is 4.79 Å². The van der Waals surface area contributed by atoms with Crippen LogP contribution in [0.5, 0.6) is 0 Å². The lowest BCUT2D eigenvalue weighted by molar-refractivity contribution is -0.126. The summed E-state index contributed by atoms with van der Waals surface area (Å²) in [5.74, 6) is -4.52. The van der Waals surface area contributed by atoms with E-state index in [4.69, 9.17) is 0 Å². The van der Waals surface area contributed by atoms with E-state index in [1.807, 2.05) is 0 Å². The normalized spacial score (nSPS) is 26.6. The molecule has 0 saturated heterocycles. The molecule has 3 aliphatic carbocycles. The number of pyridine rings is 1. The number of halogens is 4. The molecule has 2 heterocycles. The van der Waals surface area contributed by atoms with Crippen molar-refractivity contribution in [2.75, 3.05) is 5.32 Å². The van der Waals surface area contributed by atoms with Crippen molar-refractivity contribution < 1.29 is 27.5 Å². The van der Waals surface area contributed by atoms with Crippen LogP contribution in [0.15, 0.2) is 30.0 Å². The highest BCUT2D eigenvalue weighted by Crippen LogP contribution is 2.62. The fourth-order valence-electron chi connectivity index (χ4n) is 5.87. The first-order chi connectivity index (χ1) is 16.2. The summed E-state index contributed by atoms with van der Waals surface area (Å²) in [5.41, 5.74) is 0.220. The predicted octanol–water partition coefficient (Wildman–Crippen LogP) is 4.84. The van der Waals surface area contributed by atoms with Crippen LogP contribution < -0.4 is 10.6 Å². The summed E-state index contributed by atoms with van der Waals surface area (Å²) in [4.78, 5) is 17.2. The van der Waals surface area contributed by atoms with E-state index in [0.717, 1.165) is 37.9 Å². The third kappa shape index (κ3) is 3.96. The number of nitrogens with one attached hydrogen (secondary N) is 2. The van der Waals surface area contributed by atoms with Crippen molar-refractivity contribution >= 4 is 17.7 Å². The quantitative estimate of drug-likeness (QED) is 0.523. The number of hydrogen-bond donors (Lipinski definition) is 3. The highest BCUT2D eigenvalue weighted by molar-refractivity contribution is 5.86. The summed E-state index contributed by atoms with van der Waals surface area (Å²) in [6, 6.07) is 2.12. The first-order valence-electron chi connectivity index (χ1n) is 11.4. The molecule has 2 aromatic rings. The fraction of sp³-hybridized carbons (Fsp3) is 0.440. The highest BCUT2D eigenvalue weighted by atomic mass is 19.2. The Kier molecular flexibility index (Phi) is 5.62. The maximum atomic E-state index is 14.5. The molecule has 0 spiro atoms. The minimum atomic E-state index is -1.28. The largest absolute Gasteiger partial charge is 0.370 e. The number of rotatable bonds is 6. The average Bonchev–Trinajstić information content (AvgIpc) is 3.35. The molecule has 0 radical (unpaired) electrons. The molecular weight excluding hydrogens is 450 g/mol. The van der Waals surface area contributed by atoms with E-state index < -0.39 is 47.4 Å². The Balaban J connectivity index is 1.47. The van der Waals surface area contributed by atoms with Crippen molar-refractivity contribution in [2.24, 2.45) is 17.3 Å². The Morgan fingerprint density at radius 1 is 1.26 bits per heavy atom. The highest BCUT2D eigenvalue weighted by Gasteiger charge is 2.52. The molecule has 2 bridgehead atoms. The van der Waals surface area contributed by atoms with Crippen LogP contribution in [0.25, 0.3) is 6.08 Å². The van der Waals surface area contributed by atoms with Gasteiger partial charge in [0.25, 0.3) is 0 Å². The van der Waals surface area contributed by atoms with Gasteiger partial charge in [0.05, 0.1) is 23.9 Å². The van der Waals surface area contributed by atoms with Gasteiger partial charge in [0.2, 0.25) is 5.91 Å². The van der Waals surface area contributed by atoms with Gasteiger partial charge in [0.15, 0.2) is 11.6 Å². The molecule has 1 amide bonds.